The Morgan fingerprint density at radius 2 is 1.78 bits per heavy atom. The highest BCUT2D eigenvalue weighted by Crippen LogP contribution is 2.24. The molecule has 0 fully saturated rings. The second kappa shape index (κ2) is 9.76. The van der Waals surface area contributed by atoms with Crippen LogP contribution in [0, 0.1) is 13.8 Å². The number of benzene rings is 2. The molecule has 8 nitrogen and oxygen atoms in total. The fourth-order valence-corrected chi connectivity index (χ4v) is 3.79. The number of imidazole rings is 1. The zero-order valence-electron chi connectivity index (χ0n) is 18.8. The van der Waals surface area contributed by atoms with Gasteiger partial charge in [0, 0.05) is 17.3 Å². The Kier molecular flexibility index (Phi) is 7.07. The van der Waals surface area contributed by atoms with Gasteiger partial charge in [-0.1, -0.05) is 30.3 Å². The van der Waals surface area contributed by atoms with Crippen molar-refractivity contribution in [2.45, 2.75) is 39.3 Å². The molecule has 5 N–H and O–H groups in total. The molecule has 8 heteroatoms. The number of hydroxylamine groups is 2. The standard InChI is InChI=1S/C24H29N5O3/c1-14-10-18(22(26)30)11-15(2)19(14)12-20(25)24(31)29(32-4)16(3)23-27-13-21(28-23)17-8-6-5-7-9-17/h5-11,13,16,20H,12,25H2,1-4H3,(H2,26,30)(H,27,28)/t16-,20-/m0/s1. The van der Waals surface area contributed by atoms with Crippen molar-refractivity contribution < 1.29 is 14.4 Å². The Morgan fingerprint density at radius 3 is 2.34 bits per heavy atom. The van der Waals surface area contributed by atoms with Crippen LogP contribution in [0.15, 0.2) is 48.7 Å². The van der Waals surface area contributed by atoms with E-state index in [1.165, 1.54) is 12.2 Å². The molecule has 0 radical (unpaired) electrons. The van der Waals surface area contributed by atoms with Gasteiger partial charge >= 0.3 is 0 Å². The van der Waals surface area contributed by atoms with Crippen LogP contribution in [0.1, 0.15) is 45.8 Å². The summed E-state index contributed by atoms with van der Waals surface area (Å²) in [7, 11) is 1.43. The molecule has 0 unspecified atom stereocenters. The summed E-state index contributed by atoms with van der Waals surface area (Å²) in [4.78, 5) is 37.8. The number of nitrogens with zero attached hydrogens (tertiary/aromatic N) is 2. The normalized spacial score (nSPS) is 12.9. The van der Waals surface area contributed by atoms with E-state index in [0.29, 0.717) is 17.8 Å². The first kappa shape index (κ1) is 23.2. The van der Waals surface area contributed by atoms with Crippen LogP contribution in [0.4, 0.5) is 0 Å². The average molecular weight is 436 g/mol. The molecule has 3 aromatic rings. The smallest absolute Gasteiger partial charge is 0.264 e. The lowest BCUT2D eigenvalue weighted by molar-refractivity contribution is -0.190. The molecule has 0 saturated heterocycles. The number of carbonyl (C=O) groups is 2. The molecule has 1 heterocycles. The van der Waals surface area contributed by atoms with Crippen molar-refractivity contribution in [3.8, 4) is 11.3 Å². The van der Waals surface area contributed by atoms with E-state index in [4.69, 9.17) is 16.3 Å². The number of nitrogens with one attached hydrogen (secondary N) is 1. The predicted molar refractivity (Wildman–Crippen MR) is 122 cm³/mol. The van der Waals surface area contributed by atoms with Crippen molar-refractivity contribution in [3.63, 3.8) is 0 Å². The number of amides is 2. The summed E-state index contributed by atoms with van der Waals surface area (Å²) < 4.78 is 0. The van der Waals surface area contributed by atoms with Gasteiger partial charge in [-0.3, -0.25) is 14.4 Å². The van der Waals surface area contributed by atoms with E-state index in [2.05, 4.69) is 9.97 Å². The molecule has 168 valence electrons. The van der Waals surface area contributed by atoms with Crippen molar-refractivity contribution >= 4 is 11.8 Å². The van der Waals surface area contributed by atoms with Crippen LogP contribution < -0.4 is 11.5 Å². The van der Waals surface area contributed by atoms with Crippen LogP contribution in [0.25, 0.3) is 11.3 Å². The quantitative estimate of drug-likeness (QED) is 0.469. The van der Waals surface area contributed by atoms with E-state index in [9.17, 15) is 9.59 Å². The zero-order valence-corrected chi connectivity index (χ0v) is 18.8. The van der Waals surface area contributed by atoms with Crippen molar-refractivity contribution in [1.82, 2.24) is 15.0 Å². The van der Waals surface area contributed by atoms with Gasteiger partial charge in [0.1, 0.15) is 11.9 Å². The van der Waals surface area contributed by atoms with Gasteiger partial charge in [-0.05, 0) is 56.0 Å². The van der Waals surface area contributed by atoms with Crippen LogP contribution in [-0.2, 0) is 16.1 Å². The van der Waals surface area contributed by atoms with Crippen molar-refractivity contribution in [1.29, 1.82) is 0 Å². The maximum Gasteiger partial charge on any atom is 0.264 e. The molecular formula is C24H29N5O3. The van der Waals surface area contributed by atoms with Crippen molar-refractivity contribution in [2.75, 3.05) is 7.11 Å². The first-order valence-corrected chi connectivity index (χ1v) is 10.4. The first-order valence-electron chi connectivity index (χ1n) is 10.4. The maximum absolute atomic E-state index is 13.1. The van der Waals surface area contributed by atoms with Crippen LogP contribution >= 0.6 is 0 Å². The summed E-state index contributed by atoms with van der Waals surface area (Å²) in [6, 6.07) is 11.9. The van der Waals surface area contributed by atoms with Crippen LogP contribution in [0.2, 0.25) is 0 Å². The minimum absolute atomic E-state index is 0.301. The number of rotatable bonds is 8. The fraction of sp³-hybridized carbons (Fsp3) is 0.292. The van der Waals surface area contributed by atoms with Crippen LogP contribution in [-0.4, -0.2) is 40.0 Å². The lowest BCUT2D eigenvalue weighted by Crippen LogP contribution is -2.45. The number of H-pyrrole nitrogens is 1. The van der Waals surface area contributed by atoms with Gasteiger partial charge in [0.25, 0.3) is 5.91 Å². The second-order valence-electron chi connectivity index (χ2n) is 7.82. The Balaban J connectivity index is 1.77. The average Bonchev–Trinajstić information content (AvgIpc) is 3.27. The van der Waals surface area contributed by atoms with E-state index in [-0.39, 0.29) is 5.91 Å². The van der Waals surface area contributed by atoms with Crippen LogP contribution in [0.3, 0.4) is 0 Å². The van der Waals surface area contributed by atoms with Crippen molar-refractivity contribution in [3.05, 3.63) is 76.7 Å². The predicted octanol–water partition coefficient (Wildman–Crippen LogP) is 2.81. The molecule has 0 aliphatic carbocycles. The number of primary amides is 1. The molecule has 32 heavy (non-hydrogen) atoms. The Hall–Kier alpha value is -3.49. The highest BCUT2D eigenvalue weighted by molar-refractivity contribution is 5.93. The lowest BCUT2D eigenvalue weighted by Gasteiger charge is -2.28. The number of nitrogens with two attached hydrogens (primary N) is 2. The Labute approximate surface area is 187 Å². The largest absolute Gasteiger partial charge is 0.366 e. The molecule has 1 aromatic heterocycles. The summed E-state index contributed by atoms with van der Waals surface area (Å²) in [6.07, 6.45) is 2.10. The Morgan fingerprint density at radius 1 is 1.16 bits per heavy atom. The minimum Gasteiger partial charge on any atom is -0.366 e. The third kappa shape index (κ3) is 4.87. The molecule has 2 atom stereocenters. The van der Waals surface area contributed by atoms with E-state index in [0.717, 1.165) is 27.9 Å². The first-order chi connectivity index (χ1) is 15.2. The van der Waals surface area contributed by atoms with Gasteiger partial charge in [-0.2, -0.15) is 0 Å². The number of hydrogen-bond donors (Lipinski definition) is 3. The topological polar surface area (TPSA) is 127 Å². The summed E-state index contributed by atoms with van der Waals surface area (Å²) in [5.41, 5.74) is 16.5. The summed E-state index contributed by atoms with van der Waals surface area (Å²) >= 11 is 0. The van der Waals surface area contributed by atoms with E-state index >= 15 is 0 Å². The van der Waals surface area contributed by atoms with Crippen LogP contribution in [0.5, 0.6) is 0 Å². The highest BCUT2D eigenvalue weighted by atomic mass is 16.7. The molecule has 0 bridgehead atoms. The number of aryl methyl sites for hydroxylation is 2. The second-order valence-corrected chi connectivity index (χ2v) is 7.82. The van der Waals surface area contributed by atoms with Crippen molar-refractivity contribution in [2.24, 2.45) is 11.5 Å². The molecule has 0 aliphatic heterocycles. The van der Waals surface area contributed by atoms with Gasteiger partial charge in [0.15, 0.2) is 0 Å². The zero-order chi connectivity index (χ0) is 23.4. The Bertz CT molecular complexity index is 1090. The summed E-state index contributed by atoms with van der Waals surface area (Å²) in [5.74, 6) is -0.268. The van der Waals surface area contributed by atoms with Gasteiger partial charge < -0.3 is 16.5 Å². The fourth-order valence-electron chi connectivity index (χ4n) is 3.79. The number of hydrogen-bond acceptors (Lipinski definition) is 5. The molecule has 2 amide bonds. The number of aromatic nitrogens is 2. The molecular weight excluding hydrogens is 406 g/mol. The van der Waals surface area contributed by atoms with Gasteiger partial charge in [-0.25, -0.2) is 10.0 Å². The molecule has 0 saturated carbocycles. The SMILES string of the molecule is CON(C(=O)[C@@H](N)Cc1c(C)cc(C(N)=O)cc1C)[C@@H](C)c1nc(-c2ccccc2)c[nH]1. The summed E-state index contributed by atoms with van der Waals surface area (Å²) in [6.45, 7) is 5.56. The third-order valence-electron chi connectivity index (χ3n) is 5.55. The number of aromatic amines is 1. The highest BCUT2D eigenvalue weighted by Gasteiger charge is 2.29. The van der Waals surface area contributed by atoms with E-state index in [1.807, 2.05) is 51.1 Å². The van der Waals surface area contributed by atoms with E-state index in [1.54, 1.807) is 18.3 Å². The van der Waals surface area contributed by atoms with Gasteiger partial charge in [-0.15, -0.1) is 0 Å². The lowest BCUT2D eigenvalue weighted by atomic mass is 9.93. The summed E-state index contributed by atoms with van der Waals surface area (Å²) in [5, 5.41) is 1.24. The maximum atomic E-state index is 13.1. The minimum atomic E-state index is -0.835. The van der Waals surface area contributed by atoms with E-state index < -0.39 is 18.0 Å². The van der Waals surface area contributed by atoms with Gasteiger partial charge in [0.2, 0.25) is 5.91 Å². The molecule has 0 aliphatic rings. The monoisotopic (exact) mass is 435 g/mol. The third-order valence-corrected chi connectivity index (χ3v) is 5.55. The molecule has 3 rings (SSSR count). The molecule has 2 aromatic carbocycles. The van der Waals surface area contributed by atoms with Gasteiger partial charge in [0.05, 0.1) is 18.8 Å². The number of carbonyl (C=O) groups excluding carboxylic acids is 2. The molecule has 0 spiro atoms.